The molecule has 5 atom stereocenters. The first kappa shape index (κ1) is 41.1. The molecule has 8 heterocycles. The quantitative estimate of drug-likeness (QED) is 0.192. The van der Waals surface area contributed by atoms with Gasteiger partial charge in [-0.25, -0.2) is 27.2 Å². The van der Waals surface area contributed by atoms with Crippen LogP contribution in [-0.2, 0) is 9.47 Å². The Bertz CT molecular complexity index is 2590. The molecule has 13 nitrogen and oxygen atoms in total. The maximum absolute atomic E-state index is 17.7. The topological polar surface area (TPSA) is 146 Å². The van der Waals surface area contributed by atoms with Gasteiger partial charge in [0, 0.05) is 30.5 Å². The van der Waals surface area contributed by atoms with Gasteiger partial charge < -0.3 is 19.1 Å². The molecule has 3 aromatic heterocycles. The number of ether oxygens (including phenoxy) is 3. The summed E-state index contributed by atoms with van der Waals surface area (Å²) < 4.78 is 83.2. The molecular formula is C43H46F4N8O5S. The van der Waals surface area contributed by atoms with Gasteiger partial charge in [0.2, 0.25) is 0 Å². The molecule has 2 bridgehead atoms. The van der Waals surface area contributed by atoms with Crippen LogP contribution in [0, 0.1) is 28.8 Å². The number of pyridine rings is 1. The van der Waals surface area contributed by atoms with Gasteiger partial charge in [-0.15, -0.1) is 11.3 Å². The molecule has 0 aliphatic carbocycles. The van der Waals surface area contributed by atoms with Crippen molar-refractivity contribution in [3.63, 3.8) is 0 Å². The van der Waals surface area contributed by atoms with E-state index in [1.54, 1.807) is 46.4 Å². The zero-order valence-corrected chi connectivity index (χ0v) is 35.6. The van der Waals surface area contributed by atoms with Crippen LogP contribution < -0.4 is 15.0 Å². The monoisotopic (exact) mass is 862 g/mol. The molecule has 0 saturated carbocycles. The summed E-state index contributed by atoms with van der Waals surface area (Å²) in [7, 11) is 0. The van der Waals surface area contributed by atoms with Gasteiger partial charge in [0.15, 0.2) is 11.6 Å². The van der Waals surface area contributed by atoms with Gasteiger partial charge in [-0.05, 0) is 85.8 Å². The van der Waals surface area contributed by atoms with Crippen molar-refractivity contribution in [2.24, 2.45) is 0 Å². The predicted molar refractivity (Wildman–Crippen MR) is 221 cm³/mol. The van der Waals surface area contributed by atoms with Crippen molar-refractivity contribution >= 4 is 60.9 Å². The van der Waals surface area contributed by atoms with Gasteiger partial charge in [-0.1, -0.05) is 6.58 Å². The number of hydrogen-bond donors (Lipinski definition) is 1. The van der Waals surface area contributed by atoms with Gasteiger partial charge in [0.25, 0.3) is 0 Å². The van der Waals surface area contributed by atoms with Crippen molar-refractivity contribution in [3.8, 4) is 23.3 Å². The second kappa shape index (κ2) is 14.4. The van der Waals surface area contributed by atoms with E-state index in [0.717, 1.165) is 12.6 Å². The van der Waals surface area contributed by atoms with Crippen LogP contribution in [0.1, 0.15) is 91.2 Å². The van der Waals surface area contributed by atoms with Crippen LogP contribution in [0.5, 0.6) is 6.01 Å². The Kier molecular flexibility index (Phi) is 9.70. The molecule has 0 radical (unpaired) electrons. The maximum atomic E-state index is 17.7. The minimum atomic E-state index is -1.17. The molecule has 5 aliphatic rings. The Morgan fingerprint density at radius 1 is 1.03 bits per heavy atom. The van der Waals surface area contributed by atoms with E-state index in [0.29, 0.717) is 37.1 Å². The predicted octanol–water partition coefficient (Wildman–Crippen LogP) is 8.87. The van der Waals surface area contributed by atoms with Crippen molar-refractivity contribution in [2.45, 2.75) is 121 Å². The first-order valence-corrected chi connectivity index (χ1v) is 21.3. The number of anilines is 2. The fourth-order valence-corrected chi connectivity index (χ4v) is 11.1. The van der Waals surface area contributed by atoms with Crippen LogP contribution in [0.15, 0.2) is 12.8 Å². The van der Waals surface area contributed by atoms with Crippen molar-refractivity contribution < 1.29 is 41.4 Å². The van der Waals surface area contributed by atoms with E-state index in [1.807, 2.05) is 11.0 Å². The van der Waals surface area contributed by atoms with E-state index in [4.69, 9.17) is 19.2 Å². The highest BCUT2D eigenvalue weighted by atomic mass is 32.1. The van der Waals surface area contributed by atoms with Gasteiger partial charge in [-0.2, -0.15) is 15.2 Å². The summed E-state index contributed by atoms with van der Waals surface area (Å²) in [6, 6.07) is 0.559. The molecule has 322 valence electrons. The highest BCUT2D eigenvalue weighted by molar-refractivity contribution is 7.23. The van der Waals surface area contributed by atoms with Crippen molar-refractivity contribution in [1.29, 1.82) is 5.26 Å². The molecule has 5 aliphatic heterocycles. The van der Waals surface area contributed by atoms with E-state index in [1.165, 1.54) is 0 Å². The molecule has 61 heavy (non-hydrogen) atoms. The average Bonchev–Trinajstić information content (AvgIpc) is 3.88. The van der Waals surface area contributed by atoms with Crippen LogP contribution in [0.2, 0.25) is 0 Å². The summed E-state index contributed by atoms with van der Waals surface area (Å²) in [5, 5.41) is 12.6. The second-order valence-electron chi connectivity index (χ2n) is 18.7. The van der Waals surface area contributed by atoms with E-state index >= 15 is 13.2 Å². The summed E-state index contributed by atoms with van der Waals surface area (Å²) in [4.78, 5) is 45.9. The van der Waals surface area contributed by atoms with Crippen LogP contribution >= 0.6 is 11.3 Å². The molecule has 0 spiro atoms. The molecule has 0 unspecified atom stereocenters. The Balaban J connectivity index is 1.23. The molecule has 18 heteroatoms. The number of piperazine rings is 1. The van der Waals surface area contributed by atoms with Crippen LogP contribution in [0.4, 0.5) is 38.0 Å². The van der Waals surface area contributed by atoms with E-state index < -0.39 is 75.9 Å². The zero-order chi connectivity index (χ0) is 43.5. The van der Waals surface area contributed by atoms with Crippen molar-refractivity contribution in [3.05, 3.63) is 41.4 Å². The Hall–Kier alpha value is -5.28. The largest absolute Gasteiger partial charge is 0.461 e. The normalized spacial score (nSPS) is 24.8. The third-order valence-electron chi connectivity index (χ3n) is 12.3. The third-order valence-corrected chi connectivity index (χ3v) is 13.4. The second-order valence-corrected chi connectivity index (χ2v) is 19.7. The Labute approximate surface area is 353 Å². The highest BCUT2D eigenvalue weighted by Crippen LogP contribution is 2.51. The van der Waals surface area contributed by atoms with E-state index in [2.05, 4.69) is 26.8 Å². The molecule has 2 amide bonds. The average molecular weight is 863 g/mol. The SMILES string of the molecule is C=C1C[C@@H]2[C@@H]3CC[C@H](CN2c2nc(OC[C@@]45CCCN4C[C@H](F)C5)nc4c(F)c(-c5ncc(F)c6sc(NC(=O)OC(C)(C)C)c(C#N)c56)c(F)c1c24)N3C(=O)OC(C)(C)C. The molecule has 4 fully saturated rings. The highest BCUT2D eigenvalue weighted by Gasteiger charge is 2.53. The molecule has 9 rings (SSSR count). The lowest BCUT2D eigenvalue weighted by Crippen LogP contribution is -2.62. The minimum absolute atomic E-state index is 0.0305. The van der Waals surface area contributed by atoms with Gasteiger partial charge in [0.1, 0.15) is 52.2 Å². The molecule has 1 aromatic carbocycles. The van der Waals surface area contributed by atoms with E-state index in [9.17, 15) is 19.2 Å². The number of thiophene rings is 1. The number of carbonyl (C=O) groups excluding carboxylic acids is 2. The molecule has 4 aromatic rings. The summed E-state index contributed by atoms with van der Waals surface area (Å²) >= 11 is 0.698. The number of benzene rings is 1. The van der Waals surface area contributed by atoms with Crippen molar-refractivity contribution in [2.75, 3.05) is 36.5 Å². The molecule has 1 N–H and O–H groups in total. The van der Waals surface area contributed by atoms with E-state index in [-0.39, 0.29) is 93.1 Å². The number of hydrogen-bond acceptors (Lipinski definition) is 12. The third kappa shape index (κ3) is 6.88. The number of carbonyl (C=O) groups is 2. The van der Waals surface area contributed by atoms with Crippen LogP contribution in [0.25, 0.3) is 37.8 Å². The lowest BCUT2D eigenvalue weighted by Gasteiger charge is -2.47. The number of halogens is 4. The number of nitrogens with one attached hydrogen (secondary N) is 1. The van der Waals surface area contributed by atoms with Gasteiger partial charge in [-0.3, -0.25) is 20.1 Å². The fraction of sp³-hybridized carbons (Fsp3) is 0.535. The molecule has 4 saturated heterocycles. The summed E-state index contributed by atoms with van der Waals surface area (Å²) in [6.07, 6.45) is 1.61. The smallest absolute Gasteiger partial charge is 0.412 e. The number of amides is 2. The van der Waals surface area contributed by atoms with Gasteiger partial charge >= 0.3 is 18.2 Å². The maximum Gasteiger partial charge on any atom is 0.412 e. The van der Waals surface area contributed by atoms with Gasteiger partial charge in [0.05, 0.1) is 56.8 Å². The van der Waals surface area contributed by atoms with Crippen LogP contribution in [-0.4, -0.2) is 104 Å². The number of aromatic nitrogens is 3. The summed E-state index contributed by atoms with van der Waals surface area (Å²) in [6.45, 7) is 15.9. The standard InChI is InChI=1S/C43H46F4N8O5S/c1-20-13-26-25-10-9-22(55(25)40(57)60-42(5,6)7)18-54(26)36-29-27(20)31(46)30(32(47)34(29)50-38(51-36)58-19-43-11-8-12-53(43)17-21(44)14-43)33-28-23(15-48)37(52-39(56)59-41(2,3)4)61-35(28)24(45)16-49-33/h16,21-22,25-26H,1,8-14,17-19H2,2-7H3,(H,52,56)/t21-,22-,25+,26-,43+/m1/s1. The zero-order valence-electron chi connectivity index (χ0n) is 34.8. The Morgan fingerprint density at radius 3 is 2.51 bits per heavy atom. The Morgan fingerprint density at radius 2 is 1.79 bits per heavy atom. The lowest BCUT2D eigenvalue weighted by molar-refractivity contribution is 0.00774. The molecular weight excluding hydrogens is 817 g/mol. The summed E-state index contributed by atoms with van der Waals surface area (Å²) in [5.41, 5.74) is -3.79. The first-order chi connectivity index (χ1) is 28.8. The van der Waals surface area contributed by atoms with Crippen LogP contribution in [0.3, 0.4) is 0 Å². The first-order valence-electron chi connectivity index (χ1n) is 20.5. The fourth-order valence-electron chi connectivity index (χ4n) is 10.1. The van der Waals surface area contributed by atoms with Crippen molar-refractivity contribution in [1.82, 2.24) is 24.8 Å². The number of nitriles is 1. The minimum Gasteiger partial charge on any atom is -0.461 e. The number of nitrogens with zero attached hydrogens (tertiary/aromatic N) is 7. The summed E-state index contributed by atoms with van der Waals surface area (Å²) in [5.74, 6) is -2.95. The number of rotatable bonds is 5. The lowest BCUT2D eigenvalue weighted by atomic mass is 9.91. The number of alkyl halides is 1. The number of fused-ring (bicyclic) bond motifs is 7.